The fraction of sp³-hybridized carbons (Fsp3) is 0.471. The van der Waals surface area contributed by atoms with E-state index in [0.29, 0.717) is 0 Å². The summed E-state index contributed by atoms with van der Waals surface area (Å²) in [5.74, 6) is 0.692. The number of amides is 1. The summed E-state index contributed by atoms with van der Waals surface area (Å²) in [5, 5.41) is 11.9. The molecule has 2 atom stereocenters. The summed E-state index contributed by atoms with van der Waals surface area (Å²) in [6.45, 7) is 7.79. The highest BCUT2D eigenvalue weighted by Crippen LogP contribution is 2.14. The second kappa shape index (κ2) is 8.47. The Morgan fingerprint density at radius 1 is 1.24 bits per heavy atom. The minimum Gasteiger partial charge on any atom is -0.491 e. The van der Waals surface area contributed by atoms with E-state index in [2.05, 4.69) is 5.32 Å². The topological polar surface area (TPSA) is 58.6 Å². The molecule has 2 N–H and O–H groups in total. The van der Waals surface area contributed by atoms with Crippen molar-refractivity contribution in [2.75, 3.05) is 6.61 Å². The molecule has 0 spiro atoms. The van der Waals surface area contributed by atoms with Gasteiger partial charge in [0.05, 0.1) is 6.10 Å². The van der Waals surface area contributed by atoms with Gasteiger partial charge in [0.2, 0.25) is 5.91 Å². The highest BCUT2D eigenvalue weighted by atomic mass is 16.5. The molecule has 0 saturated heterocycles. The highest BCUT2D eigenvalue weighted by Gasteiger charge is 2.11. The monoisotopic (exact) mass is 291 g/mol. The van der Waals surface area contributed by atoms with Crippen LogP contribution >= 0.6 is 0 Å². The number of nitrogens with one attached hydrogen (secondary N) is 1. The SMILES string of the molecule is CC(C)Oc1ccc(/C=C/C(=O)NC(C)C(C)CO)cc1. The van der Waals surface area contributed by atoms with Gasteiger partial charge in [-0.05, 0) is 50.5 Å². The normalized spacial score (nSPS) is 14.2. The van der Waals surface area contributed by atoms with Gasteiger partial charge in [0.1, 0.15) is 5.75 Å². The summed E-state index contributed by atoms with van der Waals surface area (Å²) in [7, 11) is 0. The molecule has 1 aromatic carbocycles. The Labute approximate surface area is 126 Å². The lowest BCUT2D eigenvalue weighted by Crippen LogP contribution is -2.37. The van der Waals surface area contributed by atoms with E-state index in [4.69, 9.17) is 9.84 Å². The van der Waals surface area contributed by atoms with E-state index in [-0.39, 0.29) is 30.6 Å². The number of hydrogen-bond acceptors (Lipinski definition) is 3. The van der Waals surface area contributed by atoms with Crippen molar-refractivity contribution in [1.29, 1.82) is 0 Å². The number of carbonyl (C=O) groups is 1. The Morgan fingerprint density at radius 3 is 2.38 bits per heavy atom. The second-order valence-corrected chi connectivity index (χ2v) is 5.53. The molecule has 4 heteroatoms. The molecule has 0 bridgehead atoms. The van der Waals surface area contributed by atoms with Gasteiger partial charge in [-0.2, -0.15) is 0 Å². The number of hydrogen-bond donors (Lipinski definition) is 2. The van der Waals surface area contributed by atoms with Crippen LogP contribution in [0.2, 0.25) is 0 Å². The Kier molecular flexibility index (Phi) is 6.96. The molecule has 0 aliphatic rings. The maximum atomic E-state index is 11.8. The van der Waals surface area contributed by atoms with Gasteiger partial charge in [0.15, 0.2) is 0 Å². The van der Waals surface area contributed by atoms with Gasteiger partial charge in [0.25, 0.3) is 0 Å². The van der Waals surface area contributed by atoms with Crippen LogP contribution in [-0.4, -0.2) is 29.8 Å². The van der Waals surface area contributed by atoms with E-state index in [1.807, 2.05) is 52.0 Å². The lowest BCUT2D eigenvalue weighted by atomic mass is 10.1. The summed E-state index contributed by atoms with van der Waals surface area (Å²) in [6.07, 6.45) is 3.40. The molecule has 0 aliphatic heterocycles. The van der Waals surface area contributed by atoms with E-state index in [1.54, 1.807) is 6.08 Å². The molecule has 21 heavy (non-hydrogen) atoms. The van der Waals surface area contributed by atoms with E-state index in [9.17, 15) is 4.79 Å². The molecule has 0 saturated carbocycles. The number of carbonyl (C=O) groups excluding carboxylic acids is 1. The van der Waals surface area contributed by atoms with Crippen LogP contribution < -0.4 is 10.1 Å². The third kappa shape index (κ3) is 6.45. The molecule has 116 valence electrons. The van der Waals surface area contributed by atoms with Crippen LogP contribution in [0.4, 0.5) is 0 Å². The van der Waals surface area contributed by atoms with Crippen LogP contribution in [0.25, 0.3) is 6.08 Å². The van der Waals surface area contributed by atoms with Crippen molar-refractivity contribution in [1.82, 2.24) is 5.32 Å². The summed E-state index contributed by atoms with van der Waals surface area (Å²) in [4.78, 5) is 11.8. The lowest BCUT2D eigenvalue weighted by molar-refractivity contribution is -0.117. The zero-order valence-electron chi connectivity index (χ0n) is 13.2. The van der Waals surface area contributed by atoms with Crippen molar-refractivity contribution in [3.63, 3.8) is 0 Å². The van der Waals surface area contributed by atoms with E-state index in [1.165, 1.54) is 6.08 Å². The van der Waals surface area contributed by atoms with Crippen molar-refractivity contribution in [3.05, 3.63) is 35.9 Å². The molecule has 0 fully saturated rings. The zero-order chi connectivity index (χ0) is 15.8. The predicted molar refractivity (Wildman–Crippen MR) is 85.1 cm³/mol. The van der Waals surface area contributed by atoms with E-state index < -0.39 is 0 Å². The molecule has 1 aromatic rings. The highest BCUT2D eigenvalue weighted by molar-refractivity contribution is 5.91. The molecule has 4 nitrogen and oxygen atoms in total. The van der Waals surface area contributed by atoms with E-state index >= 15 is 0 Å². The molecule has 2 unspecified atom stereocenters. The molecular formula is C17H25NO3. The van der Waals surface area contributed by atoms with Crippen molar-refractivity contribution in [2.45, 2.75) is 39.8 Å². The molecule has 1 rings (SSSR count). The maximum Gasteiger partial charge on any atom is 0.244 e. The van der Waals surface area contributed by atoms with Gasteiger partial charge in [-0.25, -0.2) is 0 Å². The summed E-state index contributed by atoms with van der Waals surface area (Å²) < 4.78 is 5.56. The molecular weight excluding hydrogens is 266 g/mol. The number of ether oxygens (including phenoxy) is 1. The van der Waals surface area contributed by atoms with Crippen LogP contribution in [-0.2, 0) is 4.79 Å². The summed E-state index contributed by atoms with van der Waals surface area (Å²) in [5.41, 5.74) is 0.934. The smallest absolute Gasteiger partial charge is 0.244 e. The van der Waals surface area contributed by atoms with Gasteiger partial charge in [-0.3, -0.25) is 4.79 Å². The standard InChI is InChI=1S/C17H25NO3/c1-12(2)21-16-8-5-15(6-9-16)7-10-17(20)18-14(4)13(3)11-19/h5-10,12-14,19H,11H2,1-4H3,(H,18,20)/b10-7+. The largest absolute Gasteiger partial charge is 0.491 e. The fourth-order valence-corrected chi connectivity index (χ4v) is 1.67. The van der Waals surface area contributed by atoms with Crippen LogP contribution in [0.15, 0.2) is 30.3 Å². The average Bonchev–Trinajstić information content (AvgIpc) is 2.45. The zero-order valence-corrected chi connectivity index (χ0v) is 13.2. The molecule has 0 radical (unpaired) electrons. The third-order valence-corrected chi connectivity index (χ3v) is 3.19. The lowest BCUT2D eigenvalue weighted by Gasteiger charge is -2.18. The van der Waals surface area contributed by atoms with Gasteiger partial charge in [0, 0.05) is 18.7 Å². The van der Waals surface area contributed by atoms with Crippen LogP contribution in [0, 0.1) is 5.92 Å². The first-order valence-corrected chi connectivity index (χ1v) is 7.28. The van der Waals surface area contributed by atoms with Crippen LogP contribution in [0.3, 0.4) is 0 Å². The predicted octanol–water partition coefficient (Wildman–Crippen LogP) is 2.62. The van der Waals surface area contributed by atoms with Crippen LogP contribution in [0.5, 0.6) is 5.75 Å². The Hall–Kier alpha value is -1.81. The Bertz CT molecular complexity index is 465. The molecule has 0 aliphatic carbocycles. The first kappa shape index (κ1) is 17.2. The number of benzene rings is 1. The van der Waals surface area contributed by atoms with Crippen molar-refractivity contribution in [2.24, 2.45) is 5.92 Å². The Balaban J connectivity index is 2.54. The first-order valence-electron chi connectivity index (χ1n) is 7.28. The van der Waals surface area contributed by atoms with Gasteiger partial charge < -0.3 is 15.2 Å². The average molecular weight is 291 g/mol. The minimum atomic E-state index is -0.162. The van der Waals surface area contributed by atoms with Gasteiger partial charge in [-0.15, -0.1) is 0 Å². The first-order chi connectivity index (χ1) is 9.92. The van der Waals surface area contributed by atoms with Gasteiger partial charge in [-0.1, -0.05) is 19.1 Å². The minimum absolute atomic E-state index is 0.0369. The quantitative estimate of drug-likeness (QED) is 0.759. The number of aliphatic hydroxyl groups is 1. The molecule has 0 aromatic heterocycles. The number of aliphatic hydroxyl groups excluding tert-OH is 1. The molecule has 1 amide bonds. The summed E-state index contributed by atoms with van der Waals surface area (Å²) >= 11 is 0. The third-order valence-electron chi connectivity index (χ3n) is 3.19. The van der Waals surface area contributed by atoms with Crippen LogP contribution in [0.1, 0.15) is 33.3 Å². The molecule has 0 heterocycles. The van der Waals surface area contributed by atoms with E-state index in [0.717, 1.165) is 11.3 Å². The van der Waals surface area contributed by atoms with Gasteiger partial charge >= 0.3 is 0 Å². The Morgan fingerprint density at radius 2 is 1.86 bits per heavy atom. The fourth-order valence-electron chi connectivity index (χ4n) is 1.67. The number of rotatable bonds is 7. The summed E-state index contributed by atoms with van der Waals surface area (Å²) in [6, 6.07) is 7.51. The van der Waals surface area contributed by atoms with Crippen molar-refractivity contribution in [3.8, 4) is 5.75 Å². The van der Waals surface area contributed by atoms with Crippen molar-refractivity contribution >= 4 is 12.0 Å². The van der Waals surface area contributed by atoms with Crippen molar-refractivity contribution < 1.29 is 14.6 Å². The second-order valence-electron chi connectivity index (χ2n) is 5.53. The maximum absolute atomic E-state index is 11.8.